The van der Waals surface area contributed by atoms with Crippen molar-refractivity contribution in [3.8, 4) is 6.07 Å². The number of hydrogen-bond acceptors (Lipinski definition) is 5. The predicted octanol–water partition coefficient (Wildman–Crippen LogP) is 2.48. The van der Waals surface area contributed by atoms with Crippen molar-refractivity contribution in [3.05, 3.63) is 46.6 Å². The fourth-order valence-corrected chi connectivity index (χ4v) is 3.69. The van der Waals surface area contributed by atoms with Gasteiger partial charge in [-0.2, -0.15) is 5.26 Å². The fraction of sp³-hybridized carbons (Fsp3) is 0.300. The number of anilines is 1. The first-order valence-electron chi connectivity index (χ1n) is 9.14. The van der Waals surface area contributed by atoms with E-state index in [1.165, 1.54) is 29.3 Å². The summed E-state index contributed by atoms with van der Waals surface area (Å²) in [4.78, 5) is 32.4. The summed E-state index contributed by atoms with van der Waals surface area (Å²) < 4.78 is 28.6. The SMILES string of the molecule is N#CCC(=O)N1CC[C@H](Nc2nc3cc[nH]c(=O)c3c3cc(F)ccc23)[C@H](F)C1. The van der Waals surface area contributed by atoms with E-state index in [0.29, 0.717) is 35.1 Å². The third-order valence-corrected chi connectivity index (χ3v) is 5.12. The average Bonchev–Trinajstić information content (AvgIpc) is 2.69. The highest BCUT2D eigenvalue weighted by molar-refractivity contribution is 6.09. The molecule has 3 heterocycles. The number of nitriles is 1. The number of fused-ring (bicyclic) bond motifs is 3. The highest BCUT2D eigenvalue weighted by Crippen LogP contribution is 2.30. The molecule has 29 heavy (non-hydrogen) atoms. The van der Waals surface area contributed by atoms with Crippen molar-refractivity contribution in [3.63, 3.8) is 0 Å². The number of amides is 1. The molecule has 0 saturated carbocycles. The molecule has 0 bridgehead atoms. The number of pyridine rings is 2. The number of halogens is 2. The molecular formula is C20H17F2N5O2. The summed E-state index contributed by atoms with van der Waals surface area (Å²) in [6, 6.07) is 6.79. The maximum absolute atomic E-state index is 14.7. The maximum atomic E-state index is 14.7. The number of H-pyrrole nitrogens is 1. The van der Waals surface area contributed by atoms with Crippen LogP contribution in [0.25, 0.3) is 21.7 Å². The lowest BCUT2D eigenvalue weighted by Gasteiger charge is -2.35. The quantitative estimate of drug-likeness (QED) is 0.661. The van der Waals surface area contributed by atoms with Gasteiger partial charge in [-0.1, -0.05) is 0 Å². The van der Waals surface area contributed by atoms with Gasteiger partial charge in [-0.05, 0) is 30.7 Å². The van der Waals surface area contributed by atoms with Crippen LogP contribution in [0.2, 0.25) is 0 Å². The van der Waals surface area contributed by atoms with Crippen LogP contribution < -0.4 is 10.9 Å². The molecule has 1 saturated heterocycles. The standard InChI is InChI=1S/C20H17F2N5O2/c21-11-1-2-12-13(9-11)18-16(4-7-24-20(18)29)26-19(12)25-15-5-8-27(10-14(15)22)17(28)3-6-23/h1-2,4,7,9,14-15H,3,5,8,10H2,(H,24,29)(H,25,26)/t14-,15+/m1/s1. The largest absolute Gasteiger partial charge is 0.364 e. The van der Waals surface area contributed by atoms with Gasteiger partial charge in [0.2, 0.25) is 5.91 Å². The van der Waals surface area contributed by atoms with Crippen molar-refractivity contribution in [2.45, 2.75) is 25.1 Å². The van der Waals surface area contributed by atoms with Crippen molar-refractivity contribution >= 4 is 33.4 Å². The Morgan fingerprint density at radius 3 is 2.97 bits per heavy atom. The molecule has 0 spiro atoms. The molecule has 7 nitrogen and oxygen atoms in total. The van der Waals surface area contributed by atoms with Gasteiger partial charge in [0.1, 0.15) is 24.2 Å². The Balaban J connectivity index is 1.69. The lowest BCUT2D eigenvalue weighted by Crippen LogP contribution is -2.49. The zero-order valence-electron chi connectivity index (χ0n) is 15.3. The number of nitrogens with one attached hydrogen (secondary N) is 2. The van der Waals surface area contributed by atoms with Gasteiger partial charge >= 0.3 is 0 Å². The molecule has 2 aromatic heterocycles. The Bertz CT molecular complexity index is 1200. The van der Waals surface area contributed by atoms with Crippen LogP contribution in [0.1, 0.15) is 12.8 Å². The Kier molecular flexibility index (Phi) is 4.84. The Morgan fingerprint density at radius 1 is 1.38 bits per heavy atom. The normalized spacial score (nSPS) is 19.3. The first kappa shape index (κ1) is 18.8. The van der Waals surface area contributed by atoms with E-state index in [1.807, 2.05) is 0 Å². The van der Waals surface area contributed by atoms with Crippen molar-refractivity contribution in [2.75, 3.05) is 18.4 Å². The number of hydrogen-bond donors (Lipinski definition) is 2. The molecule has 1 aliphatic heterocycles. The van der Waals surface area contributed by atoms with Gasteiger partial charge in [0, 0.05) is 23.5 Å². The first-order chi connectivity index (χ1) is 14.0. The number of piperidine rings is 1. The van der Waals surface area contributed by atoms with Gasteiger partial charge < -0.3 is 15.2 Å². The van der Waals surface area contributed by atoms with Crippen LogP contribution in [0.4, 0.5) is 14.6 Å². The molecule has 1 aliphatic rings. The molecule has 1 fully saturated rings. The lowest BCUT2D eigenvalue weighted by atomic mass is 10.0. The summed E-state index contributed by atoms with van der Waals surface area (Å²) in [6.45, 7) is 0.205. The number of carbonyl (C=O) groups is 1. The molecule has 3 aromatic rings. The van der Waals surface area contributed by atoms with Gasteiger partial charge in [0.15, 0.2) is 0 Å². The van der Waals surface area contributed by atoms with Crippen molar-refractivity contribution < 1.29 is 13.6 Å². The number of aromatic nitrogens is 2. The summed E-state index contributed by atoms with van der Waals surface area (Å²) >= 11 is 0. The minimum atomic E-state index is -1.36. The van der Waals surface area contributed by atoms with Gasteiger partial charge in [-0.25, -0.2) is 13.8 Å². The van der Waals surface area contributed by atoms with Crippen LogP contribution >= 0.6 is 0 Å². The Labute approximate surface area is 164 Å². The molecule has 9 heteroatoms. The van der Waals surface area contributed by atoms with E-state index in [1.54, 1.807) is 12.1 Å². The summed E-state index contributed by atoms with van der Waals surface area (Å²) in [5.74, 6) is -0.535. The van der Waals surface area contributed by atoms with Crippen LogP contribution in [-0.4, -0.2) is 46.1 Å². The smallest absolute Gasteiger partial charge is 0.258 e. The average molecular weight is 397 g/mol. The monoisotopic (exact) mass is 397 g/mol. The van der Waals surface area contributed by atoms with Gasteiger partial charge in [-0.3, -0.25) is 9.59 Å². The van der Waals surface area contributed by atoms with Crippen LogP contribution in [0.5, 0.6) is 0 Å². The fourth-order valence-electron chi connectivity index (χ4n) is 3.69. The van der Waals surface area contributed by atoms with E-state index in [-0.39, 0.29) is 23.9 Å². The molecule has 2 N–H and O–H groups in total. The van der Waals surface area contributed by atoms with Gasteiger partial charge in [-0.15, -0.1) is 0 Å². The van der Waals surface area contributed by atoms with Crippen LogP contribution in [-0.2, 0) is 4.79 Å². The van der Waals surface area contributed by atoms with E-state index < -0.39 is 23.9 Å². The van der Waals surface area contributed by atoms with Crippen LogP contribution in [0, 0.1) is 17.1 Å². The molecule has 4 rings (SSSR count). The third kappa shape index (κ3) is 3.49. The third-order valence-electron chi connectivity index (χ3n) is 5.12. The van der Waals surface area contributed by atoms with Crippen molar-refractivity contribution in [2.24, 2.45) is 0 Å². The number of aromatic amines is 1. The molecule has 1 amide bonds. The zero-order chi connectivity index (χ0) is 20.5. The van der Waals surface area contributed by atoms with Crippen LogP contribution in [0.15, 0.2) is 35.3 Å². The minimum Gasteiger partial charge on any atom is -0.364 e. The van der Waals surface area contributed by atoms with E-state index >= 15 is 0 Å². The molecule has 0 radical (unpaired) electrons. The number of carbonyl (C=O) groups excluding carboxylic acids is 1. The molecule has 0 aliphatic carbocycles. The minimum absolute atomic E-state index is 0.113. The second-order valence-corrected chi connectivity index (χ2v) is 6.95. The first-order valence-corrected chi connectivity index (χ1v) is 9.14. The summed E-state index contributed by atoms with van der Waals surface area (Å²) in [7, 11) is 0. The summed E-state index contributed by atoms with van der Waals surface area (Å²) in [5, 5.41) is 12.9. The van der Waals surface area contributed by atoms with Crippen molar-refractivity contribution in [1.29, 1.82) is 5.26 Å². The predicted molar refractivity (Wildman–Crippen MR) is 104 cm³/mol. The Morgan fingerprint density at radius 2 is 2.21 bits per heavy atom. The molecule has 148 valence electrons. The molecule has 1 aromatic carbocycles. The molecule has 0 unspecified atom stereocenters. The number of alkyl halides is 1. The van der Waals surface area contributed by atoms with Gasteiger partial charge in [0.25, 0.3) is 5.56 Å². The molecule has 2 atom stereocenters. The molecular weight excluding hydrogens is 380 g/mol. The van der Waals surface area contributed by atoms with E-state index in [0.717, 1.165) is 0 Å². The number of likely N-dealkylation sites (tertiary alicyclic amines) is 1. The van der Waals surface area contributed by atoms with E-state index in [4.69, 9.17) is 5.26 Å². The topological polar surface area (TPSA) is 102 Å². The summed E-state index contributed by atoms with van der Waals surface area (Å²) in [5.41, 5.74) is -0.0174. The number of rotatable bonds is 3. The number of nitrogens with zero attached hydrogens (tertiary/aromatic N) is 3. The van der Waals surface area contributed by atoms with Gasteiger partial charge in [0.05, 0.1) is 29.6 Å². The van der Waals surface area contributed by atoms with Crippen molar-refractivity contribution in [1.82, 2.24) is 14.9 Å². The lowest BCUT2D eigenvalue weighted by molar-refractivity contribution is -0.132. The van der Waals surface area contributed by atoms with E-state index in [9.17, 15) is 18.4 Å². The highest BCUT2D eigenvalue weighted by atomic mass is 19.1. The maximum Gasteiger partial charge on any atom is 0.258 e. The summed E-state index contributed by atoms with van der Waals surface area (Å²) in [6.07, 6.45) is 0.139. The second kappa shape index (κ2) is 7.47. The highest BCUT2D eigenvalue weighted by Gasteiger charge is 2.32. The second-order valence-electron chi connectivity index (χ2n) is 6.95. The Hall–Kier alpha value is -3.54. The number of benzene rings is 1. The van der Waals surface area contributed by atoms with E-state index in [2.05, 4.69) is 15.3 Å². The zero-order valence-corrected chi connectivity index (χ0v) is 15.3. The van der Waals surface area contributed by atoms with Crippen LogP contribution in [0.3, 0.4) is 0 Å².